The summed E-state index contributed by atoms with van der Waals surface area (Å²) >= 11 is 0. The number of benzene rings is 2. The Morgan fingerprint density at radius 1 is 1.13 bits per heavy atom. The number of nitrogens with one attached hydrogen (secondary N) is 2. The van der Waals surface area contributed by atoms with Gasteiger partial charge in [-0.05, 0) is 48.5 Å². The number of nitrogens with zero attached hydrogens (tertiary/aromatic N) is 1. The Kier molecular flexibility index (Phi) is 4.46. The molecule has 0 aliphatic rings. The first kappa shape index (κ1) is 15.0. The molecule has 0 saturated carbocycles. The predicted molar refractivity (Wildman–Crippen MR) is 86.8 cm³/mol. The Balaban J connectivity index is 1.60. The summed E-state index contributed by atoms with van der Waals surface area (Å²) < 4.78 is 0. The molecular weight excluding hydrogens is 294 g/mol. The molecule has 23 heavy (non-hydrogen) atoms. The van der Waals surface area contributed by atoms with E-state index in [0.29, 0.717) is 11.3 Å². The van der Waals surface area contributed by atoms with Gasteiger partial charge in [0.05, 0.1) is 5.69 Å². The minimum absolute atomic E-state index is 0.554. The Bertz CT molecular complexity index is 831. The minimum atomic E-state index is 0.554. The van der Waals surface area contributed by atoms with Gasteiger partial charge in [0.2, 0.25) is 0 Å². The maximum atomic E-state index is 10.7. The van der Waals surface area contributed by atoms with Gasteiger partial charge in [-0.25, -0.2) is 5.48 Å². The zero-order chi connectivity index (χ0) is 16.1. The molecule has 3 aromatic rings. The second-order valence-electron chi connectivity index (χ2n) is 4.91. The second-order valence-corrected chi connectivity index (χ2v) is 4.91. The molecule has 0 radical (unpaired) electrons. The van der Waals surface area contributed by atoms with Crippen LogP contribution in [-0.4, -0.2) is 11.3 Å². The first-order valence-corrected chi connectivity index (χ1v) is 7.01. The fourth-order valence-corrected chi connectivity index (χ4v) is 2.17. The standard InChI is InChI=1S/C17H15N3O3/c1-12-10-13(11-21)7-8-15(12)19-23-20-22-16-6-2-4-14-5-3-9-18-17(14)16/h2-11,19-20H,1H3. The van der Waals surface area contributed by atoms with Gasteiger partial charge in [-0.15, -0.1) is 0 Å². The summed E-state index contributed by atoms with van der Waals surface area (Å²) in [6.45, 7) is 1.87. The number of aromatic nitrogens is 1. The van der Waals surface area contributed by atoms with Crippen LogP contribution in [0, 0.1) is 6.92 Å². The number of carbonyl (C=O) groups excluding carboxylic acids is 1. The quantitative estimate of drug-likeness (QED) is 0.414. The van der Waals surface area contributed by atoms with Crippen molar-refractivity contribution in [2.45, 2.75) is 6.92 Å². The fourth-order valence-electron chi connectivity index (χ4n) is 2.17. The highest BCUT2D eigenvalue weighted by atomic mass is 17.0. The number of anilines is 1. The van der Waals surface area contributed by atoms with E-state index in [1.807, 2.05) is 31.2 Å². The van der Waals surface area contributed by atoms with Crippen molar-refractivity contribution in [3.05, 3.63) is 65.9 Å². The third-order valence-corrected chi connectivity index (χ3v) is 3.34. The van der Waals surface area contributed by atoms with Gasteiger partial charge in [-0.3, -0.25) is 9.78 Å². The molecule has 0 aliphatic heterocycles. The van der Waals surface area contributed by atoms with Gasteiger partial charge < -0.3 is 4.84 Å². The van der Waals surface area contributed by atoms with Crippen LogP contribution in [0.2, 0.25) is 0 Å². The smallest absolute Gasteiger partial charge is 0.176 e. The number of aryl methyl sites for hydroxylation is 1. The number of pyridine rings is 1. The molecule has 116 valence electrons. The number of rotatable bonds is 6. The highest BCUT2D eigenvalue weighted by Gasteiger charge is 2.03. The summed E-state index contributed by atoms with van der Waals surface area (Å²) in [5.74, 6) is 0.554. The molecule has 0 atom stereocenters. The van der Waals surface area contributed by atoms with E-state index in [9.17, 15) is 4.79 Å². The van der Waals surface area contributed by atoms with Crippen molar-refractivity contribution < 1.29 is 14.6 Å². The molecule has 0 saturated heterocycles. The van der Waals surface area contributed by atoms with Crippen LogP contribution >= 0.6 is 0 Å². The molecule has 0 amide bonds. The Morgan fingerprint density at radius 2 is 2.00 bits per heavy atom. The molecule has 0 fully saturated rings. The lowest BCUT2D eigenvalue weighted by Crippen LogP contribution is -2.23. The van der Waals surface area contributed by atoms with Crippen molar-refractivity contribution >= 4 is 22.9 Å². The average molecular weight is 309 g/mol. The molecule has 0 spiro atoms. The topological polar surface area (TPSA) is 72.5 Å². The van der Waals surface area contributed by atoms with Gasteiger partial charge >= 0.3 is 0 Å². The van der Waals surface area contributed by atoms with Crippen LogP contribution in [0.5, 0.6) is 5.75 Å². The zero-order valence-corrected chi connectivity index (χ0v) is 12.4. The van der Waals surface area contributed by atoms with Gasteiger partial charge in [0.25, 0.3) is 0 Å². The summed E-state index contributed by atoms with van der Waals surface area (Å²) in [4.78, 5) is 25.4. The number of aldehydes is 1. The van der Waals surface area contributed by atoms with Crippen LogP contribution in [-0.2, 0) is 4.94 Å². The average Bonchev–Trinajstić information content (AvgIpc) is 2.59. The predicted octanol–water partition coefficient (Wildman–Crippen LogP) is 3.20. The molecule has 1 aromatic heterocycles. The third-order valence-electron chi connectivity index (χ3n) is 3.34. The molecule has 0 unspecified atom stereocenters. The van der Waals surface area contributed by atoms with E-state index in [1.54, 1.807) is 30.5 Å². The van der Waals surface area contributed by atoms with Gasteiger partial charge in [0.1, 0.15) is 11.8 Å². The Morgan fingerprint density at radius 3 is 2.83 bits per heavy atom. The second kappa shape index (κ2) is 6.87. The Hall–Kier alpha value is -2.96. The molecule has 1 heterocycles. The monoisotopic (exact) mass is 309 g/mol. The first-order chi connectivity index (χ1) is 11.3. The lowest BCUT2D eigenvalue weighted by Gasteiger charge is -2.11. The number of carbonyl (C=O) groups is 1. The van der Waals surface area contributed by atoms with Crippen molar-refractivity contribution in [2.24, 2.45) is 0 Å². The van der Waals surface area contributed by atoms with Crippen LogP contribution in [0.4, 0.5) is 5.69 Å². The van der Waals surface area contributed by atoms with Crippen LogP contribution in [0.3, 0.4) is 0 Å². The van der Waals surface area contributed by atoms with Crippen LogP contribution in [0.15, 0.2) is 54.7 Å². The van der Waals surface area contributed by atoms with Crippen LogP contribution < -0.4 is 16.0 Å². The highest BCUT2D eigenvalue weighted by Crippen LogP contribution is 2.22. The van der Waals surface area contributed by atoms with Crippen molar-refractivity contribution in [3.8, 4) is 5.75 Å². The van der Waals surface area contributed by atoms with E-state index in [0.717, 1.165) is 28.4 Å². The SMILES string of the molecule is Cc1cc(C=O)ccc1NONOc1cccc2cccnc12. The first-order valence-electron chi connectivity index (χ1n) is 7.01. The van der Waals surface area contributed by atoms with E-state index >= 15 is 0 Å². The minimum Gasteiger partial charge on any atom is -0.379 e. The van der Waals surface area contributed by atoms with Crippen LogP contribution in [0.1, 0.15) is 15.9 Å². The largest absolute Gasteiger partial charge is 0.379 e. The third kappa shape index (κ3) is 3.45. The fraction of sp³-hybridized carbons (Fsp3) is 0.0588. The van der Waals surface area contributed by atoms with Crippen molar-refractivity contribution in [2.75, 3.05) is 5.48 Å². The van der Waals surface area contributed by atoms with Gasteiger partial charge in [0.15, 0.2) is 5.75 Å². The number of fused-ring (bicyclic) bond motifs is 1. The van der Waals surface area contributed by atoms with E-state index < -0.39 is 0 Å². The molecule has 0 aliphatic carbocycles. The lowest BCUT2D eigenvalue weighted by atomic mass is 10.1. The van der Waals surface area contributed by atoms with Crippen LogP contribution in [0.25, 0.3) is 10.9 Å². The maximum absolute atomic E-state index is 10.7. The normalized spacial score (nSPS) is 10.5. The van der Waals surface area contributed by atoms with Gasteiger partial charge in [0, 0.05) is 17.1 Å². The van der Waals surface area contributed by atoms with Crippen molar-refractivity contribution in [1.29, 1.82) is 0 Å². The number of hydrogen-bond donors (Lipinski definition) is 2. The molecule has 2 N–H and O–H groups in total. The van der Waals surface area contributed by atoms with Gasteiger partial charge in [-0.2, -0.15) is 4.94 Å². The summed E-state index contributed by atoms with van der Waals surface area (Å²) in [5, 5.41) is 0.972. The zero-order valence-electron chi connectivity index (χ0n) is 12.4. The molecule has 2 aromatic carbocycles. The molecule has 0 bridgehead atoms. The molecule has 3 rings (SSSR count). The summed E-state index contributed by atoms with van der Waals surface area (Å²) in [6.07, 6.45) is 2.50. The lowest BCUT2D eigenvalue weighted by molar-refractivity contribution is -0.0798. The summed E-state index contributed by atoms with van der Waals surface area (Å²) in [6, 6.07) is 14.6. The molecular formula is C17H15N3O3. The number of para-hydroxylation sites is 1. The van der Waals surface area contributed by atoms with E-state index in [4.69, 9.17) is 9.78 Å². The highest BCUT2D eigenvalue weighted by molar-refractivity contribution is 5.84. The maximum Gasteiger partial charge on any atom is 0.176 e. The summed E-state index contributed by atoms with van der Waals surface area (Å²) in [5.41, 5.74) is 8.03. The van der Waals surface area contributed by atoms with E-state index in [1.165, 1.54) is 0 Å². The van der Waals surface area contributed by atoms with E-state index in [2.05, 4.69) is 16.1 Å². The van der Waals surface area contributed by atoms with Gasteiger partial charge in [-0.1, -0.05) is 18.2 Å². The Labute approximate surface area is 132 Å². The molecule has 6 heteroatoms. The summed E-state index contributed by atoms with van der Waals surface area (Å²) in [7, 11) is 0. The van der Waals surface area contributed by atoms with Crippen molar-refractivity contribution in [1.82, 2.24) is 10.6 Å². The molecule has 6 nitrogen and oxygen atoms in total. The van der Waals surface area contributed by atoms with E-state index in [-0.39, 0.29) is 0 Å². The number of hydrogen-bond acceptors (Lipinski definition) is 6. The van der Waals surface area contributed by atoms with Crippen molar-refractivity contribution in [3.63, 3.8) is 0 Å².